The highest BCUT2D eigenvalue weighted by Crippen LogP contribution is 2.41. The first-order chi connectivity index (χ1) is 12.5. The number of aromatic nitrogens is 2. The average molecular weight is 354 g/mol. The van der Waals surface area contributed by atoms with Gasteiger partial charge >= 0.3 is 0 Å². The first-order valence-corrected chi connectivity index (χ1v) is 8.72. The van der Waals surface area contributed by atoms with Crippen LogP contribution in [0.25, 0.3) is 0 Å². The predicted molar refractivity (Wildman–Crippen MR) is 97.7 cm³/mol. The van der Waals surface area contributed by atoms with Crippen molar-refractivity contribution in [2.75, 3.05) is 17.3 Å². The fourth-order valence-electron chi connectivity index (χ4n) is 3.40. The van der Waals surface area contributed by atoms with Crippen molar-refractivity contribution in [2.45, 2.75) is 44.4 Å². The number of hydrogen-bond acceptors (Lipinski definition) is 6. The molecule has 0 atom stereocenters. The van der Waals surface area contributed by atoms with Gasteiger partial charge in [0.15, 0.2) is 17.2 Å². The molecule has 1 aliphatic carbocycles. The molecule has 0 spiro atoms. The Balaban J connectivity index is 1.46. The second kappa shape index (κ2) is 6.16. The zero-order valence-electron chi connectivity index (χ0n) is 15.1. The molecule has 7 nitrogen and oxygen atoms in total. The Labute approximate surface area is 152 Å². The molecular weight excluding hydrogens is 332 g/mol. The maximum atomic E-state index is 12.9. The van der Waals surface area contributed by atoms with E-state index in [1.165, 1.54) is 0 Å². The molecule has 4 rings (SSSR count). The molecule has 1 N–H and O–H groups in total. The van der Waals surface area contributed by atoms with Crippen molar-refractivity contribution in [3.8, 4) is 11.5 Å². The summed E-state index contributed by atoms with van der Waals surface area (Å²) >= 11 is 0. The molecule has 0 aromatic carbocycles. The summed E-state index contributed by atoms with van der Waals surface area (Å²) in [6.07, 6.45) is 5.06. The molecule has 136 valence electrons. The van der Waals surface area contributed by atoms with Gasteiger partial charge in [0.05, 0.1) is 13.3 Å². The van der Waals surface area contributed by atoms with Crippen LogP contribution in [0.5, 0.6) is 11.5 Å². The summed E-state index contributed by atoms with van der Waals surface area (Å²) in [6, 6.07) is 7.83. The number of carbonyl (C=O) groups excluding carboxylic acids is 1. The fraction of sp³-hybridized carbons (Fsp3) is 0.421. The number of ether oxygens (including phenoxy) is 2. The Morgan fingerprint density at radius 1 is 1.27 bits per heavy atom. The van der Waals surface area contributed by atoms with Gasteiger partial charge in [-0.1, -0.05) is 0 Å². The van der Waals surface area contributed by atoms with E-state index in [1.807, 2.05) is 24.3 Å². The molecule has 2 aromatic heterocycles. The molecule has 7 heteroatoms. The molecule has 0 radical (unpaired) electrons. The summed E-state index contributed by atoms with van der Waals surface area (Å²) in [5.41, 5.74) is -0.883. The van der Waals surface area contributed by atoms with E-state index in [1.54, 1.807) is 38.3 Å². The molecule has 2 aromatic rings. The number of pyridine rings is 2. The largest absolute Gasteiger partial charge is 0.495 e. The minimum atomic E-state index is -0.883. The van der Waals surface area contributed by atoms with Crippen LogP contribution < -0.4 is 19.7 Å². The molecular formula is C19H22N4O3. The topological polar surface area (TPSA) is 76.6 Å². The normalized spacial score (nSPS) is 23.5. The van der Waals surface area contributed by atoms with Crippen molar-refractivity contribution in [3.63, 3.8) is 0 Å². The molecule has 26 heavy (non-hydrogen) atoms. The zero-order chi connectivity index (χ0) is 18.3. The second-order valence-corrected chi connectivity index (χ2v) is 7.16. The van der Waals surface area contributed by atoms with Crippen LogP contribution in [-0.4, -0.2) is 40.7 Å². The number of nitrogens with zero attached hydrogens (tertiary/aromatic N) is 3. The van der Waals surface area contributed by atoms with Crippen molar-refractivity contribution in [1.29, 1.82) is 0 Å². The monoisotopic (exact) mass is 354 g/mol. The van der Waals surface area contributed by atoms with E-state index < -0.39 is 5.60 Å². The number of rotatable bonds is 4. The van der Waals surface area contributed by atoms with Crippen LogP contribution in [0.1, 0.15) is 26.7 Å². The summed E-state index contributed by atoms with van der Waals surface area (Å²) < 4.78 is 11.0. The highest BCUT2D eigenvalue weighted by molar-refractivity contribution is 6.02. The Kier molecular flexibility index (Phi) is 3.94. The molecule has 1 aliphatic heterocycles. The highest BCUT2D eigenvalue weighted by atomic mass is 16.5. The van der Waals surface area contributed by atoms with Crippen molar-refractivity contribution in [3.05, 3.63) is 36.7 Å². The maximum Gasteiger partial charge on any atom is 0.272 e. The van der Waals surface area contributed by atoms with Crippen molar-refractivity contribution < 1.29 is 14.3 Å². The first-order valence-electron chi connectivity index (χ1n) is 8.72. The predicted octanol–water partition coefficient (Wildman–Crippen LogP) is 2.63. The summed E-state index contributed by atoms with van der Waals surface area (Å²) in [5.74, 6) is 2.76. The summed E-state index contributed by atoms with van der Waals surface area (Å²) in [4.78, 5) is 23.4. The number of methoxy groups -OCH3 is 1. The SMILES string of the molecule is COc1ccc(N[C@H]2C[C@H](N3C(=O)C(C)(C)Oc4cccnc43)C2)nc1. The zero-order valence-corrected chi connectivity index (χ0v) is 15.1. The maximum absolute atomic E-state index is 12.9. The van der Waals surface area contributed by atoms with Gasteiger partial charge in [-0.2, -0.15) is 0 Å². The first kappa shape index (κ1) is 16.6. The Hall–Kier alpha value is -2.83. The van der Waals surface area contributed by atoms with E-state index in [9.17, 15) is 4.79 Å². The summed E-state index contributed by atoms with van der Waals surface area (Å²) in [5, 5.41) is 3.40. The van der Waals surface area contributed by atoms with Gasteiger partial charge < -0.3 is 14.8 Å². The average Bonchev–Trinajstić information content (AvgIpc) is 2.60. The van der Waals surface area contributed by atoms with E-state index in [-0.39, 0.29) is 18.0 Å². The third-order valence-electron chi connectivity index (χ3n) is 4.88. The van der Waals surface area contributed by atoms with E-state index in [4.69, 9.17) is 9.47 Å². The lowest BCUT2D eigenvalue weighted by Crippen LogP contribution is -2.61. The molecule has 1 fully saturated rings. The summed E-state index contributed by atoms with van der Waals surface area (Å²) in [7, 11) is 1.62. The van der Waals surface area contributed by atoms with Crippen molar-refractivity contribution in [1.82, 2.24) is 9.97 Å². The van der Waals surface area contributed by atoms with Crippen LogP contribution in [0.4, 0.5) is 11.6 Å². The lowest BCUT2D eigenvalue weighted by Gasteiger charge is -2.47. The molecule has 0 unspecified atom stereocenters. The molecule has 1 saturated carbocycles. The Bertz CT molecular complexity index is 816. The van der Waals surface area contributed by atoms with E-state index in [2.05, 4.69) is 15.3 Å². The third kappa shape index (κ3) is 2.83. The molecule has 0 saturated heterocycles. The fourth-order valence-corrected chi connectivity index (χ4v) is 3.40. The number of nitrogens with one attached hydrogen (secondary N) is 1. The standard InChI is InChI=1S/C19H22N4O3/c1-19(2)18(24)23(17-15(26-19)5-4-8-20-17)13-9-12(10-13)22-16-7-6-14(25-3)11-21-16/h4-8,11-13H,9-10H2,1-3H3,(H,21,22)/t12-,13-. The third-order valence-corrected chi connectivity index (χ3v) is 4.88. The van der Waals surface area contributed by atoms with E-state index >= 15 is 0 Å². The molecule has 3 heterocycles. The molecule has 1 amide bonds. The van der Waals surface area contributed by atoms with Gasteiger partial charge in [-0.3, -0.25) is 9.69 Å². The van der Waals surface area contributed by atoms with Crippen LogP contribution in [0.2, 0.25) is 0 Å². The van der Waals surface area contributed by atoms with Gasteiger partial charge in [0.1, 0.15) is 11.6 Å². The minimum Gasteiger partial charge on any atom is -0.495 e. The number of fused-ring (bicyclic) bond motifs is 1. The highest BCUT2D eigenvalue weighted by Gasteiger charge is 2.47. The van der Waals surface area contributed by atoms with Crippen molar-refractivity contribution in [2.24, 2.45) is 0 Å². The number of anilines is 2. The van der Waals surface area contributed by atoms with Gasteiger partial charge in [-0.15, -0.1) is 0 Å². The lowest BCUT2D eigenvalue weighted by atomic mass is 9.84. The molecule has 0 bridgehead atoms. The van der Waals surface area contributed by atoms with E-state index in [0.717, 1.165) is 24.4 Å². The quantitative estimate of drug-likeness (QED) is 0.910. The number of carbonyl (C=O) groups is 1. The summed E-state index contributed by atoms with van der Waals surface area (Å²) in [6.45, 7) is 3.60. The Morgan fingerprint density at radius 2 is 2.08 bits per heavy atom. The second-order valence-electron chi connectivity index (χ2n) is 7.16. The van der Waals surface area contributed by atoms with Crippen LogP contribution in [0.15, 0.2) is 36.7 Å². The van der Waals surface area contributed by atoms with E-state index in [0.29, 0.717) is 11.6 Å². The van der Waals surface area contributed by atoms with Crippen LogP contribution >= 0.6 is 0 Å². The van der Waals surface area contributed by atoms with Gasteiger partial charge in [0.25, 0.3) is 5.91 Å². The Morgan fingerprint density at radius 3 is 2.77 bits per heavy atom. The van der Waals surface area contributed by atoms with Gasteiger partial charge in [0.2, 0.25) is 0 Å². The van der Waals surface area contributed by atoms with Gasteiger partial charge in [0, 0.05) is 18.3 Å². The van der Waals surface area contributed by atoms with Crippen LogP contribution in [0.3, 0.4) is 0 Å². The number of hydrogen-bond donors (Lipinski definition) is 1. The lowest BCUT2D eigenvalue weighted by molar-refractivity contribution is -0.133. The smallest absolute Gasteiger partial charge is 0.272 e. The molecule has 2 aliphatic rings. The minimum absolute atomic E-state index is 0.0466. The van der Waals surface area contributed by atoms with Gasteiger partial charge in [-0.05, 0) is 51.0 Å². The van der Waals surface area contributed by atoms with Crippen LogP contribution in [0, 0.1) is 0 Å². The van der Waals surface area contributed by atoms with Gasteiger partial charge in [-0.25, -0.2) is 9.97 Å². The van der Waals surface area contributed by atoms with Crippen molar-refractivity contribution >= 4 is 17.5 Å². The van der Waals surface area contributed by atoms with Crippen LogP contribution in [-0.2, 0) is 4.79 Å². The number of amides is 1.